The average Bonchev–Trinajstić information content (AvgIpc) is 2.71. The topological polar surface area (TPSA) is 24.9 Å². The van der Waals surface area contributed by atoms with Crippen LogP contribution in [0.5, 0.6) is 0 Å². The zero-order valence-electron chi connectivity index (χ0n) is 12.7. The minimum atomic E-state index is 0.166. The minimum Gasteiger partial charge on any atom is -0.313 e. The fourth-order valence-corrected chi connectivity index (χ4v) is 2.89. The van der Waals surface area contributed by atoms with Gasteiger partial charge >= 0.3 is 0 Å². The third-order valence-corrected chi connectivity index (χ3v) is 4.05. The molecular formula is C15H28N2S. The molecule has 18 heavy (non-hydrogen) atoms. The lowest BCUT2D eigenvalue weighted by Gasteiger charge is -2.21. The molecule has 104 valence electrons. The van der Waals surface area contributed by atoms with Crippen LogP contribution in [0.2, 0.25) is 0 Å². The van der Waals surface area contributed by atoms with Crippen LogP contribution < -0.4 is 5.32 Å². The van der Waals surface area contributed by atoms with Crippen molar-refractivity contribution in [3.8, 4) is 0 Å². The van der Waals surface area contributed by atoms with Gasteiger partial charge < -0.3 is 5.32 Å². The highest BCUT2D eigenvalue weighted by Crippen LogP contribution is 2.25. The molecule has 1 heterocycles. The highest BCUT2D eigenvalue weighted by molar-refractivity contribution is 7.09. The van der Waals surface area contributed by atoms with Crippen LogP contribution in [0, 0.1) is 5.92 Å². The van der Waals surface area contributed by atoms with Gasteiger partial charge in [0.1, 0.15) is 0 Å². The van der Waals surface area contributed by atoms with Gasteiger partial charge in [0.2, 0.25) is 0 Å². The van der Waals surface area contributed by atoms with E-state index in [4.69, 9.17) is 4.98 Å². The molecule has 3 heteroatoms. The standard InChI is InChI=1S/C15H28N2S/c1-7-8-16-12(11(2)3)9-14-17-13(10-18-14)15(4,5)6/h10-12,16H,7-9H2,1-6H3. The molecular weight excluding hydrogens is 240 g/mol. The summed E-state index contributed by atoms with van der Waals surface area (Å²) >= 11 is 1.80. The van der Waals surface area contributed by atoms with Crippen LogP contribution in [0.4, 0.5) is 0 Å². The quantitative estimate of drug-likeness (QED) is 0.843. The summed E-state index contributed by atoms with van der Waals surface area (Å²) < 4.78 is 0. The van der Waals surface area contributed by atoms with E-state index in [1.54, 1.807) is 11.3 Å². The van der Waals surface area contributed by atoms with Crippen LogP contribution in [0.1, 0.15) is 58.7 Å². The number of nitrogens with zero attached hydrogens (tertiary/aromatic N) is 1. The first-order valence-corrected chi connectivity index (χ1v) is 7.90. The van der Waals surface area contributed by atoms with Crippen molar-refractivity contribution >= 4 is 11.3 Å². The molecule has 0 bridgehead atoms. The summed E-state index contributed by atoms with van der Waals surface area (Å²) in [5.41, 5.74) is 1.39. The summed E-state index contributed by atoms with van der Waals surface area (Å²) in [6.07, 6.45) is 2.24. The van der Waals surface area contributed by atoms with Crippen molar-refractivity contribution in [3.05, 3.63) is 16.1 Å². The van der Waals surface area contributed by atoms with E-state index in [1.807, 2.05) is 0 Å². The maximum absolute atomic E-state index is 4.79. The Bertz CT molecular complexity index is 350. The van der Waals surface area contributed by atoms with Crippen molar-refractivity contribution in [3.63, 3.8) is 0 Å². The normalized spacial score (nSPS) is 14.2. The average molecular weight is 268 g/mol. The van der Waals surface area contributed by atoms with Crippen molar-refractivity contribution in [2.75, 3.05) is 6.54 Å². The molecule has 1 rings (SSSR count). The van der Waals surface area contributed by atoms with Gasteiger partial charge in [0.15, 0.2) is 0 Å². The van der Waals surface area contributed by atoms with Gasteiger partial charge in [0.05, 0.1) is 10.7 Å². The summed E-state index contributed by atoms with van der Waals surface area (Å²) in [5, 5.41) is 7.11. The van der Waals surface area contributed by atoms with E-state index in [9.17, 15) is 0 Å². The maximum atomic E-state index is 4.79. The summed E-state index contributed by atoms with van der Waals surface area (Å²) in [6.45, 7) is 14.5. The zero-order valence-corrected chi connectivity index (χ0v) is 13.5. The zero-order chi connectivity index (χ0) is 13.8. The minimum absolute atomic E-state index is 0.166. The summed E-state index contributed by atoms with van der Waals surface area (Å²) in [4.78, 5) is 4.79. The molecule has 0 aliphatic rings. The first-order valence-electron chi connectivity index (χ1n) is 7.02. The number of rotatable bonds is 6. The monoisotopic (exact) mass is 268 g/mol. The fourth-order valence-electron chi connectivity index (χ4n) is 1.81. The number of hydrogen-bond donors (Lipinski definition) is 1. The van der Waals surface area contributed by atoms with Gasteiger partial charge in [-0.15, -0.1) is 11.3 Å². The number of hydrogen-bond acceptors (Lipinski definition) is 3. The largest absolute Gasteiger partial charge is 0.313 e. The molecule has 1 aromatic heterocycles. The molecule has 0 aromatic carbocycles. The van der Waals surface area contributed by atoms with Crippen LogP contribution in [0.25, 0.3) is 0 Å². The molecule has 1 unspecified atom stereocenters. The Labute approximate surface area is 116 Å². The van der Waals surface area contributed by atoms with E-state index < -0.39 is 0 Å². The molecule has 1 atom stereocenters. The van der Waals surface area contributed by atoms with Crippen LogP contribution in [-0.4, -0.2) is 17.6 Å². The smallest absolute Gasteiger partial charge is 0.0944 e. The van der Waals surface area contributed by atoms with Gasteiger partial charge in [-0.1, -0.05) is 41.5 Å². The van der Waals surface area contributed by atoms with Crippen molar-refractivity contribution in [1.29, 1.82) is 0 Å². The Hall–Kier alpha value is -0.410. The molecule has 2 nitrogen and oxygen atoms in total. The lowest BCUT2D eigenvalue weighted by atomic mass is 9.93. The molecule has 0 fully saturated rings. The second kappa shape index (κ2) is 6.67. The van der Waals surface area contributed by atoms with E-state index in [2.05, 4.69) is 52.2 Å². The molecule has 1 aromatic rings. The Kier molecular flexibility index (Phi) is 5.80. The highest BCUT2D eigenvalue weighted by atomic mass is 32.1. The lowest BCUT2D eigenvalue weighted by molar-refractivity contribution is 0.396. The second-order valence-corrected chi connectivity index (χ2v) is 7.33. The van der Waals surface area contributed by atoms with Crippen LogP contribution in [0.3, 0.4) is 0 Å². The van der Waals surface area contributed by atoms with Crippen molar-refractivity contribution in [1.82, 2.24) is 10.3 Å². The van der Waals surface area contributed by atoms with E-state index in [0.29, 0.717) is 12.0 Å². The predicted octanol–water partition coefficient (Wildman–Crippen LogP) is 4.01. The van der Waals surface area contributed by atoms with Gasteiger partial charge in [-0.25, -0.2) is 4.98 Å². The van der Waals surface area contributed by atoms with Crippen molar-refractivity contribution < 1.29 is 0 Å². The van der Waals surface area contributed by atoms with E-state index in [-0.39, 0.29) is 5.41 Å². The summed E-state index contributed by atoms with van der Waals surface area (Å²) in [7, 11) is 0. The van der Waals surface area contributed by atoms with Crippen LogP contribution in [0.15, 0.2) is 5.38 Å². The maximum Gasteiger partial charge on any atom is 0.0944 e. The van der Waals surface area contributed by atoms with E-state index >= 15 is 0 Å². The van der Waals surface area contributed by atoms with Crippen LogP contribution >= 0.6 is 11.3 Å². The Morgan fingerprint density at radius 1 is 1.33 bits per heavy atom. The molecule has 0 amide bonds. The molecule has 0 saturated carbocycles. The SMILES string of the molecule is CCCNC(Cc1nc(C(C)(C)C)cs1)C(C)C. The molecule has 0 aliphatic carbocycles. The van der Waals surface area contributed by atoms with Gasteiger partial charge in [0.25, 0.3) is 0 Å². The van der Waals surface area contributed by atoms with E-state index in [0.717, 1.165) is 13.0 Å². The highest BCUT2D eigenvalue weighted by Gasteiger charge is 2.20. The van der Waals surface area contributed by atoms with Gasteiger partial charge in [-0.3, -0.25) is 0 Å². The first-order chi connectivity index (χ1) is 8.34. The summed E-state index contributed by atoms with van der Waals surface area (Å²) in [5.74, 6) is 0.651. The van der Waals surface area contributed by atoms with Crippen molar-refractivity contribution in [2.24, 2.45) is 5.92 Å². The van der Waals surface area contributed by atoms with E-state index in [1.165, 1.54) is 17.1 Å². The van der Waals surface area contributed by atoms with Gasteiger partial charge in [-0.2, -0.15) is 0 Å². The molecule has 0 spiro atoms. The lowest BCUT2D eigenvalue weighted by Crippen LogP contribution is -2.36. The second-order valence-electron chi connectivity index (χ2n) is 6.39. The van der Waals surface area contributed by atoms with Gasteiger partial charge in [0, 0.05) is 23.3 Å². The number of thiazole rings is 1. The molecule has 0 aliphatic heterocycles. The Morgan fingerprint density at radius 3 is 2.44 bits per heavy atom. The van der Waals surface area contributed by atoms with Gasteiger partial charge in [-0.05, 0) is 18.9 Å². The van der Waals surface area contributed by atoms with Crippen molar-refractivity contribution in [2.45, 2.75) is 65.8 Å². The first kappa shape index (κ1) is 15.6. The molecule has 0 saturated heterocycles. The number of aromatic nitrogens is 1. The number of nitrogens with one attached hydrogen (secondary N) is 1. The third-order valence-electron chi connectivity index (χ3n) is 3.18. The summed E-state index contributed by atoms with van der Waals surface area (Å²) in [6, 6.07) is 0.545. The molecule has 0 radical (unpaired) electrons. The Morgan fingerprint density at radius 2 is 2.00 bits per heavy atom. The molecule has 1 N–H and O–H groups in total. The Balaban J connectivity index is 2.66. The fraction of sp³-hybridized carbons (Fsp3) is 0.800. The third kappa shape index (κ3) is 4.69. The van der Waals surface area contributed by atoms with Crippen LogP contribution in [-0.2, 0) is 11.8 Å². The predicted molar refractivity (Wildman–Crippen MR) is 81.4 cm³/mol.